The number of nitrogens with one attached hydrogen (secondary N) is 2. The van der Waals surface area contributed by atoms with Crippen LogP contribution >= 0.6 is 11.8 Å². The standard InChI is InChI=1S/C10H18N4O3S/c1-3-11-7(8(15)16)5-6-18-10-13-12-9(17)14(10)4-2/h7,11H,3-6H2,1-2H3,(H,12,17)(H,15,16). The number of hydrogen-bond donors (Lipinski definition) is 3. The van der Waals surface area contributed by atoms with Gasteiger partial charge in [0.15, 0.2) is 5.16 Å². The van der Waals surface area contributed by atoms with Gasteiger partial charge in [-0.2, -0.15) is 0 Å². The second-order valence-electron chi connectivity index (χ2n) is 3.64. The molecule has 0 aromatic carbocycles. The van der Waals surface area contributed by atoms with Crippen molar-refractivity contribution in [3.05, 3.63) is 10.5 Å². The summed E-state index contributed by atoms with van der Waals surface area (Å²) in [6, 6.07) is -0.553. The van der Waals surface area contributed by atoms with E-state index in [1.165, 1.54) is 16.3 Å². The molecule has 102 valence electrons. The highest BCUT2D eigenvalue weighted by molar-refractivity contribution is 7.99. The molecule has 0 bridgehead atoms. The van der Waals surface area contributed by atoms with E-state index < -0.39 is 12.0 Å². The maximum atomic E-state index is 11.3. The monoisotopic (exact) mass is 274 g/mol. The van der Waals surface area contributed by atoms with Crippen molar-refractivity contribution in [2.75, 3.05) is 12.3 Å². The largest absolute Gasteiger partial charge is 0.480 e. The number of carboxylic acids is 1. The zero-order valence-corrected chi connectivity index (χ0v) is 11.3. The van der Waals surface area contributed by atoms with Crippen LogP contribution in [0.1, 0.15) is 20.3 Å². The number of carboxylic acid groups (broad SMARTS) is 1. The summed E-state index contributed by atoms with van der Waals surface area (Å²) in [5, 5.41) is 18.7. The maximum absolute atomic E-state index is 11.3. The number of nitrogens with zero attached hydrogens (tertiary/aromatic N) is 2. The molecular formula is C10H18N4O3S. The van der Waals surface area contributed by atoms with Crippen LogP contribution in [0.15, 0.2) is 9.95 Å². The zero-order valence-electron chi connectivity index (χ0n) is 10.5. The van der Waals surface area contributed by atoms with E-state index in [1.54, 1.807) is 0 Å². The van der Waals surface area contributed by atoms with Gasteiger partial charge in [-0.25, -0.2) is 9.89 Å². The van der Waals surface area contributed by atoms with Crippen LogP contribution in [0, 0.1) is 0 Å². The fourth-order valence-corrected chi connectivity index (χ4v) is 2.53. The van der Waals surface area contributed by atoms with Gasteiger partial charge >= 0.3 is 11.7 Å². The summed E-state index contributed by atoms with van der Waals surface area (Å²) in [6.07, 6.45) is 0.485. The first-order chi connectivity index (χ1) is 8.60. The van der Waals surface area contributed by atoms with Crippen LogP contribution in [0.25, 0.3) is 0 Å². The van der Waals surface area contributed by atoms with E-state index in [9.17, 15) is 9.59 Å². The molecule has 0 fully saturated rings. The molecule has 7 nitrogen and oxygen atoms in total. The first-order valence-corrected chi connectivity index (χ1v) is 6.82. The first kappa shape index (κ1) is 14.8. The van der Waals surface area contributed by atoms with Crippen LogP contribution in [0.2, 0.25) is 0 Å². The first-order valence-electron chi connectivity index (χ1n) is 5.84. The van der Waals surface area contributed by atoms with Gasteiger partial charge < -0.3 is 10.4 Å². The Labute approximate surface area is 109 Å². The van der Waals surface area contributed by atoms with Gasteiger partial charge in [0.05, 0.1) is 0 Å². The number of hydrogen-bond acceptors (Lipinski definition) is 5. The van der Waals surface area contributed by atoms with Crippen molar-refractivity contribution in [2.24, 2.45) is 0 Å². The number of aromatic amines is 1. The average molecular weight is 274 g/mol. The lowest BCUT2D eigenvalue weighted by atomic mass is 10.2. The Kier molecular flexibility index (Phi) is 5.93. The van der Waals surface area contributed by atoms with Gasteiger partial charge in [0, 0.05) is 12.3 Å². The minimum Gasteiger partial charge on any atom is -0.480 e. The lowest BCUT2D eigenvalue weighted by Gasteiger charge is -2.12. The Morgan fingerprint density at radius 2 is 2.33 bits per heavy atom. The van der Waals surface area contributed by atoms with Crippen molar-refractivity contribution in [1.82, 2.24) is 20.1 Å². The molecule has 18 heavy (non-hydrogen) atoms. The number of likely N-dealkylation sites (N-methyl/N-ethyl adjacent to an activating group) is 1. The maximum Gasteiger partial charge on any atom is 0.343 e. The fraction of sp³-hybridized carbons (Fsp3) is 0.700. The molecule has 0 saturated carbocycles. The highest BCUT2D eigenvalue weighted by Gasteiger charge is 2.16. The third-order valence-corrected chi connectivity index (χ3v) is 3.44. The molecule has 3 N–H and O–H groups in total. The summed E-state index contributed by atoms with van der Waals surface area (Å²) in [5.74, 6) is -0.263. The third kappa shape index (κ3) is 3.88. The van der Waals surface area contributed by atoms with E-state index in [2.05, 4.69) is 15.5 Å². The molecule has 0 saturated heterocycles. The van der Waals surface area contributed by atoms with Gasteiger partial charge in [0.25, 0.3) is 0 Å². The summed E-state index contributed by atoms with van der Waals surface area (Å²) in [7, 11) is 0. The number of thioether (sulfide) groups is 1. The van der Waals surface area contributed by atoms with Crippen LogP contribution in [-0.2, 0) is 11.3 Å². The second-order valence-corrected chi connectivity index (χ2v) is 4.70. The fourth-order valence-electron chi connectivity index (χ4n) is 1.52. The van der Waals surface area contributed by atoms with Gasteiger partial charge in [0.1, 0.15) is 6.04 Å². The molecular weight excluding hydrogens is 256 g/mol. The van der Waals surface area contributed by atoms with Crippen LogP contribution in [0.3, 0.4) is 0 Å². The molecule has 8 heteroatoms. The molecule has 1 aromatic heterocycles. The predicted molar refractivity (Wildman–Crippen MR) is 69.0 cm³/mol. The Hall–Kier alpha value is -1.28. The van der Waals surface area contributed by atoms with E-state index in [4.69, 9.17) is 5.11 Å². The van der Waals surface area contributed by atoms with Gasteiger partial charge in [-0.1, -0.05) is 18.7 Å². The molecule has 0 amide bonds. The smallest absolute Gasteiger partial charge is 0.343 e. The molecule has 1 atom stereocenters. The van der Waals surface area contributed by atoms with Crippen molar-refractivity contribution < 1.29 is 9.90 Å². The number of aliphatic carboxylic acids is 1. The lowest BCUT2D eigenvalue weighted by molar-refractivity contribution is -0.139. The Bertz CT molecular complexity index is 443. The molecule has 0 aliphatic carbocycles. The van der Waals surface area contributed by atoms with Crippen molar-refractivity contribution >= 4 is 17.7 Å². The van der Waals surface area contributed by atoms with Crippen LogP contribution in [0.5, 0.6) is 0 Å². The normalized spacial score (nSPS) is 12.6. The Morgan fingerprint density at radius 1 is 1.61 bits per heavy atom. The lowest BCUT2D eigenvalue weighted by Crippen LogP contribution is -2.36. The van der Waals surface area contributed by atoms with E-state index in [1.807, 2.05) is 13.8 Å². The Morgan fingerprint density at radius 3 is 2.89 bits per heavy atom. The second kappa shape index (κ2) is 7.22. The van der Waals surface area contributed by atoms with E-state index >= 15 is 0 Å². The quantitative estimate of drug-likeness (QED) is 0.583. The predicted octanol–water partition coefficient (Wildman–Crippen LogP) is 0.136. The van der Waals surface area contributed by atoms with Crippen molar-refractivity contribution in [3.8, 4) is 0 Å². The third-order valence-electron chi connectivity index (χ3n) is 2.43. The van der Waals surface area contributed by atoms with Crippen LogP contribution < -0.4 is 11.0 Å². The number of rotatable bonds is 8. The summed E-state index contributed by atoms with van der Waals surface area (Å²) < 4.78 is 1.52. The molecule has 1 heterocycles. The minimum absolute atomic E-state index is 0.235. The van der Waals surface area contributed by atoms with Gasteiger partial charge in [0.2, 0.25) is 0 Å². The van der Waals surface area contributed by atoms with E-state index in [0.717, 1.165) is 0 Å². The number of carbonyl (C=O) groups is 1. The highest BCUT2D eigenvalue weighted by atomic mass is 32.2. The average Bonchev–Trinajstić information content (AvgIpc) is 2.68. The summed E-state index contributed by atoms with van der Waals surface area (Å²) >= 11 is 1.38. The molecule has 0 radical (unpaired) electrons. The van der Waals surface area contributed by atoms with Crippen molar-refractivity contribution in [1.29, 1.82) is 0 Å². The van der Waals surface area contributed by atoms with Crippen LogP contribution in [-0.4, -0.2) is 44.2 Å². The van der Waals surface area contributed by atoms with E-state index in [-0.39, 0.29) is 5.69 Å². The number of aromatic nitrogens is 3. The molecule has 0 spiro atoms. The molecule has 1 unspecified atom stereocenters. The zero-order chi connectivity index (χ0) is 13.5. The van der Waals surface area contributed by atoms with E-state index in [0.29, 0.717) is 30.4 Å². The Balaban J connectivity index is 2.49. The molecule has 0 aliphatic heterocycles. The topological polar surface area (TPSA) is 100 Å². The molecule has 0 aliphatic rings. The summed E-state index contributed by atoms with van der Waals surface area (Å²) in [4.78, 5) is 22.2. The SMILES string of the molecule is CCNC(CCSc1n[nH]c(=O)n1CC)C(=O)O. The molecule has 1 rings (SSSR count). The van der Waals surface area contributed by atoms with Crippen LogP contribution in [0.4, 0.5) is 0 Å². The summed E-state index contributed by atoms with van der Waals surface area (Å²) in [5.41, 5.74) is -0.235. The van der Waals surface area contributed by atoms with Gasteiger partial charge in [-0.05, 0) is 19.9 Å². The summed E-state index contributed by atoms with van der Waals surface area (Å²) in [6.45, 7) is 4.89. The van der Waals surface area contributed by atoms with Gasteiger partial charge in [-0.3, -0.25) is 9.36 Å². The molecule has 1 aromatic rings. The van der Waals surface area contributed by atoms with Crippen molar-refractivity contribution in [3.63, 3.8) is 0 Å². The minimum atomic E-state index is -0.854. The highest BCUT2D eigenvalue weighted by Crippen LogP contribution is 2.15. The van der Waals surface area contributed by atoms with Crippen molar-refractivity contribution in [2.45, 2.75) is 38.0 Å². The number of H-pyrrole nitrogens is 1. The van der Waals surface area contributed by atoms with Gasteiger partial charge in [-0.15, -0.1) is 5.10 Å².